The zero-order valence-electron chi connectivity index (χ0n) is 38.8. The van der Waals surface area contributed by atoms with Gasteiger partial charge in [-0.2, -0.15) is 0 Å². The number of hydrogen-bond donors (Lipinski definition) is 7. The summed E-state index contributed by atoms with van der Waals surface area (Å²) < 4.78 is 47.6. The van der Waals surface area contributed by atoms with Gasteiger partial charge in [0.05, 0.1) is 38.1 Å². The number of aliphatic hydroxyl groups excluding tert-OH is 4. The van der Waals surface area contributed by atoms with Gasteiger partial charge in [-0.1, -0.05) is 149 Å². The Morgan fingerprint density at radius 1 is 0.545 bits per heavy atom. The summed E-state index contributed by atoms with van der Waals surface area (Å²) in [6.45, 7) is 1.10. The van der Waals surface area contributed by atoms with Crippen LogP contribution in [0.1, 0.15) is 123 Å². The van der Waals surface area contributed by atoms with Crippen LogP contribution in [0.25, 0.3) is 0 Å². The van der Waals surface area contributed by atoms with Crippen molar-refractivity contribution in [1.29, 1.82) is 0 Å². The minimum Gasteiger partial charge on any atom is -0.462 e. The molecular formula is C48H78O16P2. The number of phosphoric ester groups is 2. The van der Waals surface area contributed by atoms with E-state index in [1.807, 2.05) is 0 Å². The van der Waals surface area contributed by atoms with Crippen molar-refractivity contribution >= 4 is 27.6 Å². The monoisotopic (exact) mass is 972 g/mol. The molecule has 0 radical (unpaired) electrons. The molecule has 0 saturated carbocycles. The summed E-state index contributed by atoms with van der Waals surface area (Å²) in [5.41, 5.74) is 0. The van der Waals surface area contributed by atoms with Gasteiger partial charge in [0.1, 0.15) is 12.7 Å². The second-order valence-corrected chi connectivity index (χ2v) is 17.8. The minimum atomic E-state index is -4.91. The summed E-state index contributed by atoms with van der Waals surface area (Å²) in [6, 6.07) is 0. The van der Waals surface area contributed by atoms with Crippen LogP contribution in [0.2, 0.25) is 0 Å². The summed E-state index contributed by atoms with van der Waals surface area (Å²) in [4.78, 5) is 52.8. The Balaban J connectivity index is 4.88. The maximum atomic E-state index is 12.7. The molecule has 0 aliphatic rings. The first-order valence-corrected chi connectivity index (χ1v) is 25.9. The molecular weight excluding hydrogens is 894 g/mol. The van der Waals surface area contributed by atoms with E-state index in [4.69, 9.17) is 23.8 Å². The maximum absolute atomic E-state index is 12.7. The zero-order chi connectivity index (χ0) is 49.2. The standard InChI is InChI=1S/C48H78O16P2/c1-3-5-7-8-9-10-11-12-13-14-15-16-17-18-19-20-21-26-30-36-48(54)64-44(41-63-66(58,59)62-39-43(50)38-61-65(55,56)57)40-60-47(53)37-31-35-46(52)45(51)34-29-25-23-22-24-28-33-42(49)32-27-6-4-2/h5,7,9-10,12-13,15-16,18-19,22-25,28-29,33-34,42-46,49-52H,3-4,6,8,11,14,17,20-21,26-27,30-32,35-41H2,1-2H3,(H,58,59)(H2,55,56,57)/b7-5-,10-9-,13-12-,16-15-,19-18-,24-22-,25-23+,33-28+,34-29+/t42-,43+,44-,45-,46-/m1/s1. The predicted octanol–water partition coefficient (Wildman–Crippen LogP) is 8.81. The number of rotatable bonds is 41. The Morgan fingerprint density at radius 3 is 1.70 bits per heavy atom. The van der Waals surface area contributed by atoms with Crippen molar-refractivity contribution < 1.29 is 76.9 Å². The topological polar surface area (TPSA) is 256 Å². The third-order valence-electron chi connectivity index (χ3n) is 9.00. The molecule has 0 amide bonds. The average Bonchev–Trinajstić information content (AvgIpc) is 3.27. The van der Waals surface area contributed by atoms with Crippen LogP contribution in [0.3, 0.4) is 0 Å². The summed E-state index contributed by atoms with van der Waals surface area (Å²) in [5, 5.41) is 40.3. The molecule has 1 unspecified atom stereocenters. The Kier molecular flexibility index (Phi) is 39.7. The number of esters is 2. The second-order valence-electron chi connectivity index (χ2n) is 15.2. The lowest BCUT2D eigenvalue weighted by molar-refractivity contribution is -0.161. The predicted molar refractivity (Wildman–Crippen MR) is 257 cm³/mol. The molecule has 0 fully saturated rings. The molecule has 6 atom stereocenters. The molecule has 18 heteroatoms. The van der Waals surface area contributed by atoms with E-state index in [1.165, 1.54) is 6.08 Å². The lowest BCUT2D eigenvalue weighted by Gasteiger charge is -2.20. The van der Waals surface area contributed by atoms with Crippen LogP contribution < -0.4 is 0 Å². The first-order chi connectivity index (χ1) is 31.6. The Morgan fingerprint density at radius 2 is 1.09 bits per heavy atom. The number of ether oxygens (including phenoxy) is 2. The molecule has 0 bridgehead atoms. The molecule has 0 aliphatic heterocycles. The SMILES string of the molecule is CC/C=C\C/C=C\C/C=C\C/C=C\C/C=C\CCCCCC(=O)O[C@H](COC(=O)CCC[C@@H](O)[C@H](O)/C=C/C=C/C=C\C=C\[C@H](O)CCCCC)COP(=O)(O)OC[C@@H](O)COP(=O)(O)O. The van der Waals surface area contributed by atoms with Crippen LogP contribution in [-0.2, 0) is 41.8 Å². The first-order valence-electron chi connectivity index (χ1n) is 22.9. The number of carbonyl (C=O) groups excluding carboxylic acids is 2. The Labute approximate surface area is 392 Å². The zero-order valence-corrected chi connectivity index (χ0v) is 40.6. The van der Waals surface area contributed by atoms with Crippen LogP contribution in [0.4, 0.5) is 0 Å². The van der Waals surface area contributed by atoms with Crippen molar-refractivity contribution in [2.75, 3.05) is 26.4 Å². The summed E-state index contributed by atoms with van der Waals surface area (Å²) in [6.07, 6.45) is 40.1. The molecule has 0 saturated heterocycles. The van der Waals surface area contributed by atoms with E-state index in [0.29, 0.717) is 6.42 Å². The van der Waals surface area contributed by atoms with Gasteiger partial charge in [0.15, 0.2) is 6.10 Å². The summed E-state index contributed by atoms with van der Waals surface area (Å²) >= 11 is 0. The number of hydrogen-bond acceptors (Lipinski definition) is 13. The summed E-state index contributed by atoms with van der Waals surface area (Å²) in [5.74, 6) is -1.41. The maximum Gasteiger partial charge on any atom is 0.472 e. The fraction of sp³-hybridized carbons (Fsp3) is 0.583. The van der Waals surface area contributed by atoms with E-state index in [0.717, 1.165) is 77.0 Å². The third-order valence-corrected chi connectivity index (χ3v) is 10.4. The normalized spacial score (nSPS) is 16.3. The van der Waals surface area contributed by atoms with Crippen molar-refractivity contribution in [2.24, 2.45) is 0 Å². The third kappa shape index (κ3) is 43.2. The van der Waals surface area contributed by atoms with Crippen molar-refractivity contribution in [3.8, 4) is 0 Å². The van der Waals surface area contributed by atoms with Crippen LogP contribution in [0.5, 0.6) is 0 Å². The molecule has 0 aliphatic carbocycles. The van der Waals surface area contributed by atoms with Gasteiger partial charge in [-0.3, -0.25) is 23.2 Å². The highest BCUT2D eigenvalue weighted by molar-refractivity contribution is 7.47. The van der Waals surface area contributed by atoms with E-state index >= 15 is 0 Å². The molecule has 0 rings (SSSR count). The number of phosphoric acid groups is 2. The highest BCUT2D eigenvalue weighted by Gasteiger charge is 2.28. The van der Waals surface area contributed by atoms with Crippen LogP contribution in [0, 0.1) is 0 Å². The first kappa shape index (κ1) is 62.7. The molecule has 16 nitrogen and oxygen atoms in total. The number of unbranched alkanes of at least 4 members (excludes halogenated alkanes) is 5. The molecule has 0 aromatic carbocycles. The van der Waals surface area contributed by atoms with E-state index < -0.39 is 84.5 Å². The van der Waals surface area contributed by atoms with Gasteiger partial charge in [0, 0.05) is 12.8 Å². The van der Waals surface area contributed by atoms with Gasteiger partial charge < -0.3 is 44.6 Å². The largest absolute Gasteiger partial charge is 0.472 e. The van der Waals surface area contributed by atoms with Gasteiger partial charge in [0.2, 0.25) is 0 Å². The van der Waals surface area contributed by atoms with Gasteiger partial charge in [-0.15, -0.1) is 0 Å². The van der Waals surface area contributed by atoms with Crippen LogP contribution >= 0.6 is 15.6 Å². The van der Waals surface area contributed by atoms with Crippen LogP contribution in [-0.4, -0.2) is 104 Å². The molecule has 376 valence electrons. The van der Waals surface area contributed by atoms with Crippen molar-refractivity contribution in [1.82, 2.24) is 0 Å². The van der Waals surface area contributed by atoms with E-state index in [-0.39, 0.29) is 25.7 Å². The number of aliphatic hydroxyl groups is 4. The fourth-order valence-corrected chi connectivity index (χ4v) is 6.56. The van der Waals surface area contributed by atoms with Crippen LogP contribution in [0.15, 0.2) is 109 Å². The smallest absolute Gasteiger partial charge is 0.462 e. The van der Waals surface area contributed by atoms with E-state index in [9.17, 15) is 44.0 Å². The molecule has 0 spiro atoms. The lowest BCUT2D eigenvalue weighted by Crippen LogP contribution is -2.30. The molecule has 0 heterocycles. The number of allylic oxidation sites excluding steroid dienone is 16. The van der Waals surface area contributed by atoms with Gasteiger partial charge in [-0.05, 0) is 70.6 Å². The highest BCUT2D eigenvalue weighted by atomic mass is 31.2. The van der Waals surface area contributed by atoms with E-state index in [1.54, 1.807) is 42.5 Å². The second kappa shape index (κ2) is 41.8. The Bertz CT molecular complexity index is 1630. The molecule has 0 aromatic heterocycles. The van der Waals surface area contributed by atoms with Crippen molar-refractivity contribution in [2.45, 2.75) is 154 Å². The van der Waals surface area contributed by atoms with Gasteiger partial charge in [0.25, 0.3) is 0 Å². The average molecular weight is 973 g/mol. The molecule has 0 aromatic rings. The lowest BCUT2D eigenvalue weighted by atomic mass is 10.1. The minimum absolute atomic E-state index is 0.0118. The van der Waals surface area contributed by atoms with Crippen molar-refractivity contribution in [3.63, 3.8) is 0 Å². The highest BCUT2D eigenvalue weighted by Crippen LogP contribution is 2.43. The van der Waals surface area contributed by atoms with Gasteiger partial charge in [-0.25, -0.2) is 9.13 Å². The van der Waals surface area contributed by atoms with E-state index in [2.05, 4.69) is 83.7 Å². The summed E-state index contributed by atoms with van der Waals surface area (Å²) in [7, 11) is -9.82. The fourth-order valence-electron chi connectivity index (χ4n) is 5.40. The number of carbonyl (C=O) groups is 2. The van der Waals surface area contributed by atoms with Gasteiger partial charge >= 0.3 is 27.6 Å². The quantitative estimate of drug-likeness (QED) is 0.00993. The molecule has 66 heavy (non-hydrogen) atoms. The van der Waals surface area contributed by atoms with Crippen molar-refractivity contribution in [3.05, 3.63) is 109 Å². The molecule has 7 N–H and O–H groups in total. The Hall–Kier alpha value is -3.34.